The molecule has 4 rings (SSSR count). The second-order valence-corrected chi connectivity index (χ2v) is 11.4. The van der Waals surface area contributed by atoms with Gasteiger partial charge < -0.3 is 20.5 Å². The van der Waals surface area contributed by atoms with Crippen LogP contribution in [0.15, 0.2) is 71.1 Å². The third kappa shape index (κ3) is 5.82. The molecule has 4 aromatic rings. The molecule has 1 atom stereocenters. The summed E-state index contributed by atoms with van der Waals surface area (Å²) in [6.07, 6.45) is 0.637. The van der Waals surface area contributed by atoms with Gasteiger partial charge in [-0.05, 0) is 30.3 Å². The van der Waals surface area contributed by atoms with Gasteiger partial charge in [0.15, 0.2) is 5.13 Å². The third-order valence-corrected chi connectivity index (χ3v) is 8.90. The lowest BCUT2D eigenvalue weighted by molar-refractivity contribution is 0.391. The number of hydrogen-bond donors (Lipinski definition) is 2. The van der Waals surface area contributed by atoms with Gasteiger partial charge in [-0.25, -0.2) is 22.1 Å². The molecule has 3 aromatic carbocycles. The van der Waals surface area contributed by atoms with Crippen LogP contribution in [-0.2, 0) is 16.6 Å². The lowest BCUT2D eigenvalue weighted by Gasteiger charge is -2.24. The summed E-state index contributed by atoms with van der Waals surface area (Å²) in [6.45, 7) is -0.183. The van der Waals surface area contributed by atoms with E-state index in [1.165, 1.54) is 20.4 Å². The summed E-state index contributed by atoms with van der Waals surface area (Å²) in [5.74, 6) is -0.0931. The summed E-state index contributed by atoms with van der Waals surface area (Å²) in [6, 6.07) is 13.9. The molecular formula is C25H23Cl2FN4O4S2. The van der Waals surface area contributed by atoms with E-state index in [4.69, 9.17) is 38.4 Å². The molecule has 8 nitrogen and oxygen atoms in total. The summed E-state index contributed by atoms with van der Waals surface area (Å²) < 4.78 is 54.6. The topological polar surface area (TPSA) is 107 Å². The van der Waals surface area contributed by atoms with Crippen LogP contribution in [0.2, 0.25) is 10.0 Å². The number of thiazole rings is 1. The van der Waals surface area contributed by atoms with Crippen molar-refractivity contribution in [3.8, 4) is 11.5 Å². The van der Waals surface area contributed by atoms with Crippen molar-refractivity contribution in [3.05, 3.63) is 93.2 Å². The zero-order chi connectivity index (χ0) is 27.4. The van der Waals surface area contributed by atoms with Gasteiger partial charge in [0.05, 0.1) is 31.5 Å². The Morgan fingerprint density at radius 3 is 2.53 bits per heavy atom. The average Bonchev–Trinajstić information content (AvgIpc) is 3.43. The summed E-state index contributed by atoms with van der Waals surface area (Å²) in [7, 11) is -1.50. The number of ether oxygens (including phenoxy) is 2. The molecule has 38 heavy (non-hydrogen) atoms. The van der Waals surface area contributed by atoms with Crippen molar-refractivity contribution in [2.45, 2.75) is 17.6 Å². The maximum Gasteiger partial charge on any atom is 0.269 e. The fraction of sp³-hybridized carbons (Fsp3) is 0.160. The number of hydrogen-bond acceptors (Lipinski definition) is 8. The number of nitrogens with zero attached hydrogens (tertiary/aromatic N) is 2. The van der Waals surface area contributed by atoms with E-state index in [2.05, 4.69) is 10.3 Å². The minimum absolute atomic E-state index is 0.0476. The molecule has 0 saturated heterocycles. The van der Waals surface area contributed by atoms with Gasteiger partial charge in [-0.2, -0.15) is 0 Å². The second-order valence-electron chi connectivity index (χ2n) is 7.91. The Morgan fingerprint density at radius 1 is 1.11 bits per heavy atom. The normalized spacial score (nSPS) is 12.2. The molecule has 0 aliphatic rings. The number of nitrogens with two attached hydrogens (primary N) is 1. The van der Waals surface area contributed by atoms with E-state index in [1.54, 1.807) is 47.8 Å². The van der Waals surface area contributed by atoms with Crippen molar-refractivity contribution >= 4 is 55.4 Å². The predicted octanol–water partition coefficient (Wildman–Crippen LogP) is 6.07. The Hall–Kier alpha value is -3.09. The average molecular weight is 598 g/mol. The van der Waals surface area contributed by atoms with E-state index in [9.17, 15) is 8.42 Å². The van der Waals surface area contributed by atoms with Crippen molar-refractivity contribution in [1.82, 2.24) is 4.98 Å². The quantitative estimate of drug-likeness (QED) is 0.214. The van der Waals surface area contributed by atoms with Crippen molar-refractivity contribution in [1.29, 1.82) is 0 Å². The maximum absolute atomic E-state index is 15.4. The summed E-state index contributed by atoms with van der Waals surface area (Å²) in [5.41, 5.74) is 7.37. The highest BCUT2D eigenvalue weighted by Crippen LogP contribution is 2.36. The minimum atomic E-state index is -4.47. The number of nitrogens with one attached hydrogen (secondary N) is 1. The Bertz CT molecular complexity index is 1540. The molecule has 0 fully saturated rings. The molecule has 0 spiro atoms. The van der Waals surface area contributed by atoms with Crippen LogP contribution in [0, 0.1) is 5.82 Å². The van der Waals surface area contributed by atoms with Crippen LogP contribution < -0.4 is 24.8 Å². The first kappa shape index (κ1) is 27.9. The first-order valence-electron chi connectivity index (χ1n) is 11.0. The summed E-state index contributed by atoms with van der Waals surface area (Å²) >= 11 is 13.7. The summed E-state index contributed by atoms with van der Waals surface area (Å²) in [4.78, 5) is 3.52. The third-order valence-electron chi connectivity index (χ3n) is 5.58. The number of benzene rings is 3. The molecule has 13 heteroatoms. The van der Waals surface area contributed by atoms with Gasteiger partial charge >= 0.3 is 0 Å². The van der Waals surface area contributed by atoms with Gasteiger partial charge in [0.1, 0.15) is 28.4 Å². The van der Waals surface area contributed by atoms with E-state index in [-0.39, 0.29) is 22.4 Å². The van der Waals surface area contributed by atoms with Crippen LogP contribution in [0.4, 0.5) is 15.2 Å². The highest BCUT2D eigenvalue weighted by Gasteiger charge is 2.32. The fourth-order valence-electron chi connectivity index (χ4n) is 3.66. The Morgan fingerprint density at radius 2 is 1.87 bits per heavy atom. The minimum Gasteiger partial charge on any atom is -0.497 e. The molecule has 0 saturated carbocycles. The lowest BCUT2D eigenvalue weighted by Crippen LogP contribution is -2.31. The molecule has 1 aromatic heterocycles. The second kappa shape index (κ2) is 11.7. The number of halogens is 3. The SMILES string of the molecule is COc1ccc(CN(c2nccs2)S(=O)(=O)c2cc(Cl)c(N[C@@H](N)c3ccccc3Cl)cc2F)c(OC)c1. The van der Waals surface area contributed by atoms with Crippen LogP contribution in [0.1, 0.15) is 17.3 Å². The van der Waals surface area contributed by atoms with Gasteiger partial charge in [0, 0.05) is 33.8 Å². The van der Waals surface area contributed by atoms with Crippen LogP contribution in [-0.4, -0.2) is 27.6 Å². The highest BCUT2D eigenvalue weighted by molar-refractivity contribution is 7.93. The molecular weight excluding hydrogens is 574 g/mol. The molecule has 1 heterocycles. The number of rotatable bonds is 10. The van der Waals surface area contributed by atoms with Crippen molar-refractivity contribution < 1.29 is 22.3 Å². The van der Waals surface area contributed by atoms with Crippen molar-refractivity contribution in [2.24, 2.45) is 5.73 Å². The van der Waals surface area contributed by atoms with E-state index < -0.39 is 26.9 Å². The molecule has 0 radical (unpaired) electrons. The molecule has 0 aliphatic heterocycles. The summed E-state index contributed by atoms with van der Waals surface area (Å²) in [5, 5.41) is 5.01. The zero-order valence-corrected chi connectivity index (χ0v) is 23.3. The van der Waals surface area contributed by atoms with Gasteiger partial charge in [-0.15, -0.1) is 11.3 Å². The predicted molar refractivity (Wildman–Crippen MR) is 148 cm³/mol. The van der Waals surface area contributed by atoms with E-state index in [1.807, 2.05) is 0 Å². The van der Waals surface area contributed by atoms with Gasteiger partial charge in [0.25, 0.3) is 10.0 Å². The van der Waals surface area contributed by atoms with Gasteiger partial charge in [-0.1, -0.05) is 41.4 Å². The van der Waals surface area contributed by atoms with Gasteiger partial charge in [0.2, 0.25) is 0 Å². The molecule has 0 amide bonds. The largest absolute Gasteiger partial charge is 0.497 e. The zero-order valence-electron chi connectivity index (χ0n) is 20.2. The number of anilines is 2. The molecule has 0 unspecified atom stereocenters. The smallest absolute Gasteiger partial charge is 0.269 e. The van der Waals surface area contributed by atoms with E-state index in [0.29, 0.717) is 27.6 Å². The number of methoxy groups -OCH3 is 2. The van der Waals surface area contributed by atoms with E-state index in [0.717, 1.165) is 27.8 Å². The Balaban J connectivity index is 1.70. The van der Waals surface area contributed by atoms with Crippen LogP contribution in [0.25, 0.3) is 0 Å². The standard InChI is InChI=1S/C25H23Cl2FN4O4S2/c1-35-16-8-7-15(22(11-16)36-2)14-32(25-30-9-10-37-25)38(33,34)23-12-19(27)21(13-20(23)28)31-24(29)17-5-3-4-6-18(17)26/h3-13,24,31H,14,29H2,1-2H3/t24-/m1/s1. The van der Waals surface area contributed by atoms with Crippen LogP contribution in [0.5, 0.6) is 11.5 Å². The van der Waals surface area contributed by atoms with Gasteiger partial charge in [-0.3, -0.25) is 0 Å². The van der Waals surface area contributed by atoms with Crippen molar-refractivity contribution in [2.75, 3.05) is 23.8 Å². The van der Waals surface area contributed by atoms with Crippen LogP contribution >= 0.6 is 34.5 Å². The molecule has 3 N–H and O–H groups in total. The van der Waals surface area contributed by atoms with E-state index >= 15 is 4.39 Å². The first-order chi connectivity index (χ1) is 18.1. The molecule has 0 aliphatic carbocycles. The maximum atomic E-state index is 15.4. The highest BCUT2D eigenvalue weighted by atomic mass is 35.5. The molecule has 200 valence electrons. The van der Waals surface area contributed by atoms with Crippen molar-refractivity contribution in [3.63, 3.8) is 0 Å². The first-order valence-corrected chi connectivity index (χ1v) is 14.1. The lowest BCUT2D eigenvalue weighted by atomic mass is 10.1. The number of aromatic nitrogens is 1. The fourth-order valence-corrected chi connectivity index (χ4v) is 6.54. The van der Waals surface area contributed by atoms with Crippen LogP contribution in [0.3, 0.4) is 0 Å². The monoisotopic (exact) mass is 596 g/mol. The number of sulfonamides is 1. The molecule has 0 bridgehead atoms. The Kier molecular flexibility index (Phi) is 8.64. The Labute approximate surface area is 233 Å².